The lowest BCUT2D eigenvalue weighted by molar-refractivity contribution is -0.131. The molecule has 0 aromatic heterocycles. The maximum atomic E-state index is 12.4. The molecule has 0 saturated heterocycles. The van der Waals surface area contributed by atoms with Gasteiger partial charge in [-0.1, -0.05) is 41.4 Å². The molecule has 150 valence electrons. The van der Waals surface area contributed by atoms with Gasteiger partial charge in [-0.25, -0.2) is 0 Å². The number of nitrogens with one attached hydrogen (secondary N) is 1. The van der Waals surface area contributed by atoms with E-state index in [0.29, 0.717) is 16.6 Å². The molecule has 0 radical (unpaired) electrons. The van der Waals surface area contributed by atoms with Gasteiger partial charge in [0.1, 0.15) is 0 Å². The van der Waals surface area contributed by atoms with Gasteiger partial charge in [0, 0.05) is 18.5 Å². The molecule has 2 aromatic rings. The molecule has 0 aliphatic carbocycles. The number of amides is 2. The topological polar surface area (TPSA) is 52.7 Å². The van der Waals surface area contributed by atoms with Crippen molar-refractivity contribution in [2.24, 2.45) is 0 Å². The van der Waals surface area contributed by atoms with E-state index >= 15 is 0 Å². The molecule has 0 aliphatic rings. The third kappa shape index (κ3) is 6.71. The SMILES string of the molecule is CSc1ccccc1NC(=O)CN(C)CC(=O)N(C)Cc1ccc(Cl)c(Cl)c1. The molecule has 0 bridgehead atoms. The standard InChI is InChI=1S/C20H23Cl2N3O2S/c1-24(12-19(26)23-17-6-4-5-7-18(17)28-3)13-20(27)25(2)11-14-8-9-15(21)16(22)10-14/h4-10H,11-13H2,1-3H3,(H,23,26). The lowest BCUT2D eigenvalue weighted by Gasteiger charge is -2.22. The molecule has 2 aromatic carbocycles. The number of thioether (sulfide) groups is 1. The Balaban J connectivity index is 1.85. The Hall–Kier alpha value is -1.73. The number of hydrogen-bond donors (Lipinski definition) is 1. The quantitative estimate of drug-likeness (QED) is 0.624. The number of carbonyl (C=O) groups excluding carboxylic acids is 2. The predicted octanol–water partition coefficient (Wildman–Crippen LogP) is 4.24. The number of hydrogen-bond acceptors (Lipinski definition) is 4. The summed E-state index contributed by atoms with van der Waals surface area (Å²) < 4.78 is 0. The van der Waals surface area contributed by atoms with E-state index in [9.17, 15) is 9.59 Å². The molecule has 0 heterocycles. The van der Waals surface area contributed by atoms with Crippen LogP contribution in [0.3, 0.4) is 0 Å². The van der Waals surface area contributed by atoms with Crippen LogP contribution in [0, 0.1) is 0 Å². The first kappa shape index (κ1) is 22.6. The lowest BCUT2D eigenvalue weighted by atomic mass is 10.2. The first-order valence-corrected chi connectivity index (χ1v) is 10.6. The maximum absolute atomic E-state index is 12.4. The van der Waals surface area contributed by atoms with Crippen molar-refractivity contribution in [3.8, 4) is 0 Å². The van der Waals surface area contributed by atoms with E-state index in [-0.39, 0.29) is 24.9 Å². The first-order valence-electron chi connectivity index (χ1n) is 8.59. The summed E-state index contributed by atoms with van der Waals surface area (Å²) in [4.78, 5) is 29.0. The molecule has 0 spiro atoms. The highest BCUT2D eigenvalue weighted by atomic mass is 35.5. The number of halogens is 2. The summed E-state index contributed by atoms with van der Waals surface area (Å²) in [5.74, 6) is -0.255. The van der Waals surface area contributed by atoms with Gasteiger partial charge in [0.15, 0.2) is 0 Å². The van der Waals surface area contributed by atoms with Crippen molar-refractivity contribution >= 4 is 52.5 Å². The third-order valence-corrected chi connectivity index (χ3v) is 5.56. The van der Waals surface area contributed by atoms with E-state index in [0.717, 1.165) is 16.1 Å². The highest BCUT2D eigenvalue weighted by Crippen LogP contribution is 2.24. The van der Waals surface area contributed by atoms with Crippen LogP contribution in [-0.2, 0) is 16.1 Å². The van der Waals surface area contributed by atoms with Crippen molar-refractivity contribution in [1.82, 2.24) is 9.80 Å². The average Bonchev–Trinajstić information content (AvgIpc) is 2.64. The summed E-state index contributed by atoms with van der Waals surface area (Å²) >= 11 is 13.5. The Morgan fingerprint density at radius 3 is 2.43 bits per heavy atom. The van der Waals surface area contributed by atoms with Crippen LogP contribution in [-0.4, -0.2) is 55.1 Å². The van der Waals surface area contributed by atoms with E-state index in [1.54, 1.807) is 47.8 Å². The summed E-state index contributed by atoms with van der Waals surface area (Å²) in [7, 11) is 3.46. The molecular weight excluding hydrogens is 417 g/mol. The zero-order valence-electron chi connectivity index (χ0n) is 16.0. The Bertz CT molecular complexity index is 848. The Kier molecular flexibility index (Phi) is 8.63. The summed E-state index contributed by atoms with van der Waals surface area (Å²) in [5, 5.41) is 3.83. The second kappa shape index (κ2) is 10.7. The molecular formula is C20H23Cl2N3O2S. The van der Waals surface area contributed by atoms with Crippen LogP contribution in [0.25, 0.3) is 0 Å². The van der Waals surface area contributed by atoms with Crippen molar-refractivity contribution in [1.29, 1.82) is 0 Å². The normalized spacial score (nSPS) is 10.8. The van der Waals surface area contributed by atoms with Gasteiger partial charge in [-0.05, 0) is 43.1 Å². The van der Waals surface area contributed by atoms with Gasteiger partial charge in [0.25, 0.3) is 0 Å². The molecule has 2 rings (SSSR count). The van der Waals surface area contributed by atoms with Crippen LogP contribution >= 0.6 is 35.0 Å². The van der Waals surface area contributed by atoms with Gasteiger partial charge in [-0.3, -0.25) is 14.5 Å². The Morgan fingerprint density at radius 2 is 1.75 bits per heavy atom. The summed E-state index contributed by atoms with van der Waals surface area (Å²) in [6, 6.07) is 12.9. The van der Waals surface area contributed by atoms with Crippen LogP contribution < -0.4 is 5.32 Å². The monoisotopic (exact) mass is 439 g/mol. The first-order chi connectivity index (χ1) is 13.3. The predicted molar refractivity (Wildman–Crippen MR) is 117 cm³/mol. The fraction of sp³-hybridized carbons (Fsp3) is 0.300. The highest BCUT2D eigenvalue weighted by Gasteiger charge is 2.15. The van der Waals surface area contributed by atoms with Crippen LogP contribution in [0.15, 0.2) is 47.4 Å². The Labute approximate surface area is 180 Å². The zero-order valence-corrected chi connectivity index (χ0v) is 18.4. The maximum Gasteiger partial charge on any atom is 0.238 e. The molecule has 2 amide bonds. The van der Waals surface area contributed by atoms with Gasteiger partial charge in [-0.15, -0.1) is 11.8 Å². The number of nitrogens with zero attached hydrogens (tertiary/aromatic N) is 2. The molecule has 0 aliphatic heterocycles. The van der Waals surface area contributed by atoms with Crippen molar-refractivity contribution in [2.45, 2.75) is 11.4 Å². The molecule has 0 unspecified atom stereocenters. The van der Waals surface area contributed by atoms with Crippen LogP contribution in [0.4, 0.5) is 5.69 Å². The largest absolute Gasteiger partial charge is 0.340 e. The van der Waals surface area contributed by atoms with Gasteiger partial charge in [0.05, 0.1) is 28.8 Å². The molecule has 0 atom stereocenters. The molecule has 8 heteroatoms. The number of carbonyl (C=O) groups is 2. The molecule has 5 nitrogen and oxygen atoms in total. The van der Waals surface area contributed by atoms with Gasteiger partial charge >= 0.3 is 0 Å². The Morgan fingerprint density at radius 1 is 1.04 bits per heavy atom. The van der Waals surface area contributed by atoms with E-state index in [2.05, 4.69) is 5.32 Å². The minimum atomic E-state index is -0.163. The van der Waals surface area contributed by atoms with E-state index in [4.69, 9.17) is 23.2 Å². The average molecular weight is 440 g/mol. The van der Waals surface area contributed by atoms with Crippen LogP contribution in [0.5, 0.6) is 0 Å². The number of anilines is 1. The van der Waals surface area contributed by atoms with Crippen molar-refractivity contribution in [2.75, 3.05) is 38.8 Å². The number of para-hydroxylation sites is 1. The summed E-state index contributed by atoms with van der Waals surface area (Å²) in [6.45, 7) is 0.668. The van der Waals surface area contributed by atoms with E-state index in [1.165, 1.54) is 0 Å². The molecule has 1 N–H and O–H groups in total. The van der Waals surface area contributed by atoms with Crippen molar-refractivity contribution in [3.63, 3.8) is 0 Å². The summed E-state index contributed by atoms with van der Waals surface area (Å²) in [6.07, 6.45) is 1.96. The van der Waals surface area contributed by atoms with Gasteiger partial charge in [-0.2, -0.15) is 0 Å². The number of likely N-dealkylation sites (N-methyl/N-ethyl adjacent to an activating group) is 2. The van der Waals surface area contributed by atoms with Gasteiger partial charge in [0.2, 0.25) is 11.8 Å². The zero-order chi connectivity index (χ0) is 20.7. The minimum absolute atomic E-state index is 0.0918. The fourth-order valence-electron chi connectivity index (χ4n) is 2.59. The van der Waals surface area contributed by atoms with E-state index in [1.807, 2.05) is 36.6 Å². The minimum Gasteiger partial charge on any atom is -0.340 e. The molecule has 0 fully saturated rings. The smallest absolute Gasteiger partial charge is 0.238 e. The van der Waals surface area contributed by atoms with E-state index < -0.39 is 0 Å². The third-order valence-electron chi connectivity index (χ3n) is 4.03. The fourth-order valence-corrected chi connectivity index (χ4v) is 3.46. The highest BCUT2D eigenvalue weighted by molar-refractivity contribution is 7.98. The number of benzene rings is 2. The summed E-state index contributed by atoms with van der Waals surface area (Å²) in [5.41, 5.74) is 1.66. The lowest BCUT2D eigenvalue weighted by Crippen LogP contribution is -2.39. The van der Waals surface area contributed by atoms with Crippen molar-refractivity contribution in [3.05, 3.63) is 58.1 Å². The van der Waals surface area contributed by atoms with Crippen molar-refractivity contribution < 1.29 is 9.59 Å². The van der Waals surface area contributed by atoms with Gasteiger partial charge < -0.3 is 10.2 Å². The molecule has 0 saturated carbocycles. The van der Waals surface area contributed by atoms with Crippen LogP contribution in [0.2, 0.25) is 10.0 Å². The molecule has 28 heavy (non-hydrogen) atoms. The van der Waals surface area contributed by atoms with Crippen LogP contribution in [0.1, 0.15) is 5.56 Å². The number of rotatable bonds is 8. The second-order valence-corrected chi connectivity index (χ2v) is 8.08. The second-order valence-electron chi connectivity index (χ2n) is 6.42.